The molecule has 1 atom stereocenters. The van der Waals surface area contributed by atoms with E-state index in [-0.39, 0.29) is 18.3 Å². The number of rotatable bonds is 3. The lowest BCUT2D eigenvalue weighted by molar-refractivity contribution is -0.0118. The summed E-state index contributed by atoms with van der Waals surface area (Å²) in [7, 11) is -0.300. The van der Waals surface area contributed by atoms with Crippen molar-refractivity contribution in [1.82, 2.24) is 0 Å². The van der Waals surface area contributed by atoms with Gasteiger partial charge < -0.3 is 9.31 Å². The Morgan fingerprint density at radius 3 is 2.43 bits per heavy atom. The highest BCUT2D eigenvalue weighted by molar-refractivity contribution is 6.52. The molecule has 1 saturated heterocycles. The van der Waals surface area contributed by atoms with Gasteiger partial charge in [-0.15, -0.1) is 0 Å². The molecule has 4 heteroatoms. The topological polar surface area (TPSA) is 18.5 Å². The van der Waals surface area contributed by atoms with E-state index in [9.17, 15) is 0 Å². The van der Waals surface area contributed by atoms with Crippen LogP contribution in [0.3, 0.4) is 0 Å². The molecule has 0 aromatic rings. The summed E-state index contributed by atoms with van der Waals surface area (Å²) in [5.41, 5.74) is 1.76. The maximum absolute atomic E-state index is 6.14. The van der Waals surface area contributed by atoms with E-state index in [2.05, 4.69) is 46.7 Å². The SMILES string of the molecule is CC.CCC1(C)OB(/C=C(\C)C2=CCC=C(Cl)C=C2)OC1(C)C. The van der Waals surface area contributed by atoms with Crippen LogP contribution in [0.4, 0.5) is 0 Å². The zero-order valence-electron chi connectivity index (χ0n) is 15.6. The van der Waals surface area contributed by atoms with Crippen LogP contribution in [0, 0.1) is 0 Å². The van der Waals surface area contributed by atoms with E-state index in [1.165, 1.54) is 0 Å². The van der Waals surface area contributed by atoms with Crippen LogP contribution in [0.25, 0.3) is 0 Å². The van der Waals surface area contributed by atoms with Crippen LogP contribution < -0.4 is 0 Å². The van der Waals surface area contributed by atoms with Crippen molar-refractivity contribution in [3.63, 3.8) is 0 Å². The number of allylic oxidation sites excluding steroid dienone is 7. The summed E-state index contributed by atoms with van der Waals surface area (Å²) >= 11 is 6.03. The van der Waals surface area contributed by atoms with Gasteiger partial charge in [0.1, 0.15) is 0 Å². The monoisotopic (exact) mass is 336 g/mol. The molecular weight excluding hydrogens is 306 g/mol. The quantitative estimate of drug-likeness (QED) is 0.589. The highest BCUT2D eigenvalue weighted by Gasteiger charge is 2.52. The van der Waals surface area contributed by atoms with E-state index in [0.717, 1.165) is 29.0 Å². The fourth-order valence-corrected chi connectivity index (χ4v) is 2.76. The van der Waals surface area contributed by atoms with Crippen LogP contribution in [-0.2, 0) is 9.31 Å². The molecule has 128 valence electrons. The van der Waals surface area contributed by atoms with Gasteiger partial charge >= 0.3 is 7.12 Å². The summed E-state index contributed by atoms with van der Waals surface area (Å²) in [4.78, 5) is 0. The second kappa shape index (κ2) is 8.37. The van der Waals surface area contributed by atoms with Gasteiger partial charge in [-0.1, -0.05) is 62.1 Å². The molecule has 1 unspecified atom stereocenters. The molecule has 1 aliphatic heterocycles. The van der Waals surface area contributed by atoms with E-state index >= 15 is 0 Å². The van der Waals surface area contributed by atoms with Gasteiger partial charge in [-0.05, 0) is 52.2 Å². The van der Waals surface area contributed by atoms with Crippen molar-refractivity contribution in [2.45, 2.75) is 72.5 Å². The largest absolute Gasteiger partial charge is 0.487 e. The van der Waals surface area contributed by atoms with E-state index in [1.54, 1.807) is 0 Å². The Labute approximate surface area is 147 Å². The Morgan fingerprint density at radius 2 is 1.87 bits per heavy atom. The fourth-order valence-electron chi connectivity index (χ4n) is 2.61. The van der Waals surface area contributed by atoms with Crippen molar-refractivity contribution < 1.29 is 9.31 Å². The summed E-state index contributed by atoms with van der Waals surface area (Å²) in [6, 6.07) is 0. The summed E-state index contributed by atoms with van der Waals surface area (Å²) in [6.07, 6.45) is 9.89. The van der Waals surface area contributed by atoms with Crippen LogP contribution in [0.5, 0.6) is 0 Å². The average Bonchev–Trinajstić information content (AvgIpc) is 2.65. The van der Waals surface area contributed by atoms with E-state index in [0.29, 0.717) is 0 Å². The summed E-state index contributed by atoms with van der Waals surface area (Å²) in [5.74, 6) is 2.05. The van der Waals surface area contributed by atoms with Crippen LogP contribution in [0.15, 0.2) is 46.5 Å². The van der Waals surface area contributed by atoms with Gasteiger partial charge in [-0.3, -0.25) is 0 Å². The van der Waals surface area contributed by atoms with Crippen molar-refractivity contribution in [2.75, 3.05) is 0 Å². The van der Waals surface area contributed by atoms with Crippen LogP contribution in [0.2, 0.25) is 0 Å². The molecule has 1 heterocycles. The molecule has 1 fully saturated rings. The van der Waals surface area contributed by atoms with E-state index in [1.807, 2.05) is 32.1 Å². The minimum Gasteiger partial charge on any atom is -0.400 e. The Bertz CT molecular complexity index is 531. The molecule has 2 nitrogen and oxygen atoms in total. The molecule has 2 rings (SSSR count). The summed E-state index contributed by atoms with van der Waals surface area (Å²) in [5, 5.41) is 0.780. The molecule has 0 amide bonds. The Balaban J connectivity index is 0.00000127. The van der Waals surface area contributed by atoms with Gasteiger partial charge in [0.2, 0.25) is 0 Å². The van der Waals surface area contributed by atoms with Crippen molar-refractivity contribution in [2.24, 2.45) is 0 Å². The maximum atomic E-state index is 6.14. The van der Waals surface area contributed by atoms with Gasteiger partial charge in [-0.2, -0.15) is 0 Å². The molecule has 0 aromatic heterocycles. The lowest BCUT2D eigenvalue weighted by Crippen LogP contribution is -2.44. The molecule has 0 aromatic carbocycles. The number of halogens is 1. The highest BCUT2D eigenvalue weighted by Crippen LogP contribution is 2.40. The molecule has 0 saturated carbocycles. The zero-order valence-corrected chi connectivity index (χ0v) is 16.3. The average molecular weight is 337 g/mol. The smallest absolute Gasteiger partial charge is 0.400 e. The summed E-state index contributed by atoms with van der Waals surface area (Å²) in [6.45, 7) is 14.5. The summed E-state index contributed by atoms with van der Waals surface area (Å²) < 4.78 is 12.2. The van der Waals surface area contributed by atoms with Crippen molar-refractivity contribution in [3.8, 4) is 0 Å². The normalized spacial score (nSPS) is 27.0. The first-order valence-electron chi connectivity index (χ1n) is 8.56. The first-order valence-corrected chi connectivity index (χ1v) is 8.93. The molecule has 0 radical (unpaired) electrons. The van der Waals surface area contributed by atoms with E-state index < -0.39 is 0 Å². The predicted molar refractivity (Wildman–Crippen MR) is 102 cm³/mol. The standard InChI is InChI=1S/C17H24BClO2.C2H6/c1-6-17(5)16(3,4)20-18(21-17)12-13(2)14-8-7-9-15(19)11-10-14;1-2/h8-12H,6-7H2,1-5H3;1-2H3/b13-12+;. The molecule has 0 N–H and O–H groups in total. The third kappa shape index (κ3) is 4.85. The lowest BCUT2D eigenvalue weighted by Gasteiger charge is -2.35. The molecule has 2 aliphatic rings. The minimum absolute atomic E-state index is 0.257. The molecule has 23 heavy (non-hydrogen) atoms. The van der Waals surface area contributed by atoms with E-state index in [4.69, 9.17) is 20.9 Å². The maximum Gasteiger partial charge on any atom is 0.487 e. The van der Waals surface area contributed by atoms with Gasteiger partial charge in [-0.25, -0.2) is 0 Å². The number of hydrogen-bond donors (Lipinski definition) is 0. The van der Waals surface area contributed by atoms with Gasteiger partial charge in [0.25, 0.3) is 0 Å². The van der Waals surface area contributed by atoms with Crippen LogP contribution >= 0.6 is 11.6 Å². The first-order chi connectivity index (χ1) is 10.8. The van der Waals surface area contributed by atoms with Crippen molar-refractivity contribution in [1.29, 1.82) is 0 Å². The van der Waals surface area contributed by atoms with Crippen LogP contribution in [0.1, 0.15) is 61.3 Å². The van der Waals surface area contributed by atoms with Crippen LogP contribution in [-0.4, -0.2) is 18.3 Å². The zero-order chi connectivity index (χ0) is 17.7. The fraction of sp³-hybridized carbons (Fsp3) is 0.579. The molecule has 0 spiro atoms. The van der Waals surface area contributed by atoms with Gasteiger partial charge in [0, 0.05) is 5.03 Å². The number of hydrogen-bond acceptors (Lipinski definition) is 2. The second-order valence-corrected chi connectivity index (χ2v) is 6.80. The Morgan fingerprint density at radius 1 is 1.22 bits per heavy atom. The lowest BCUT2D eigenvalue weighted by atomic mass is 9.85. The first kappa shape index (κ1) is 20.3. The molecule has 1 aliphatic carbocycles. The minimum atomic E-state index is -0.300. The highest BCUT2D eigenvalue weighted by atomic mass is 35.5. The molecule has 0 bridgehead atoms. The third-order valence-corrected chi connectivity index (χ3v) is 4.93. The Hall–Kier alpha value is -0.765. The van der Waals surface area contributed by atoms with Crippen molar-refractivity contribution in [3.05, 3.63) is 46.5 Å². The van der Waals surface area contributed by atoms with Crippen molar-refractivity contribution >= 4 is 18.7 Å². The third-order valence-electron chi connectivity index (χ3n) is 4.65. The van der Waals surface area contributed by atoms with Gasteiger partial charge in [0.15, 0.2) is 0 Å². The predicted octanol–water partition coefficient (Wildman–Crippen LogP) is 5.99. The molecular formula is C19H30BClO2. The Kier molecular flexibility index (Phi) is 7.38. The second-order valence-electron chi connectivity index (χ2n) is 6.37. The van der Waals surface area contributed by atoms with Gasteiger partial charge in [0.05, 0.1) is 11.2 Å².